The highest BCUT2D eigenvalue weighted by molar-refractivity contribution is 7.18. The minimum atomic E-state index is -0.530. The van der Waals surface area contributed by atoms with Gasteiger partial charge in [-0.1, -0.05) is 0 Å². The van der Waals surface area contributed by atoms with E-state index < -0.39 is 5.41 Å². The van der Waals surface area contributed by atoms with Crippen molar-refractivity contribution in [3.05, 3.63) is 21.9 Å². The van der Waals surface area contributed by atoms with Crippen LogP contribution in [-0.4, -0.2) is 30.6 Å². The topological polar surface area (TPSA) is 77.2 Å². The van der Waals surface area contributed by atoms with E-state index in [1.807, 2.05) is 6.92 Å². The summed E-state index contributed by atoms with van der Waals surface area (Å²) in [4.78, 5) is 20.8. The van der Waals surface area contributed by atoms with Crippen LogP contribution in [0, 0.1) is 19.3 Å². The fourth-order valence-electron chi connectivity index (χ4n) is 2.76. The number of amides is 1. The zero-order chi connectivity index (χ0) is 16.4. The molecule has 0 unspecified atom stereocenters. The van der Waals surface area contributed by atoms with E-state index in [1.54, 1.807) is 11.3 Å². The maximum Gasteiger partial charge on any atom is 0.233 e. The number of rotatable bonds is 4. The molecule has 3 heterocycles. The summed E-state index contributed by atoms with van der Waals surface area (Å²) >= 11 is 3.23. The molecule has 2 aromatic rings. The van der Waals surface area contributed by atoms with E-state index in [0.29, 0.717) is 37.7 Å². The molecule has 1 aliphatic rings. The number of carbonyl (C=O) groups is 1. The Kier molecular flexibility index (Phi) is 4.82. The predicted molar refractivity (Wildman–Crippen MR) is 95.1 cm³/mol. The van der Waals surface area contributed by atoms with Crippen molar-refractivity contribution < 1.29 is 9.53 Å². The van der Waals surface area contributed by atoms with Crippen LogP contribution in [-0.2, 0) is 9.53 Å². The molecule has 5 nitrogen and oxygen atoms in total. The van der Waals surface area contributed by atoms with Gasteiger partial charge in [0.2, 0.25) is 5.91 Å². The van der Waals surface area contributed by atoms with Crippen molar-refractivity contribution in [2.75, 3.05) is 25.1 Å². The third kappa shape index (κ3) is 3.33. The lowest BCUT2D eigenvalue weighted by molar-refractivity contribution is -0.130. The van der Waals surface area contributed by atoms with E-state index in [1.165, 1.54) is 16.2 Å². The molecule has 23 heavy (non-hydrogen) atoms. The molecular weight excluding hydrogens is 330 g/mol. The average Bonchev–Trinajstić information content (AvgIpc) is 3.13. The number of aromatic nitrogens is 1. The van der Waals surface area contributed by atoms with Crippen molar-refractivity contribution in [2.45, 2.75) is 26.7 Å². The smallest absolute Gasteiger partial charge is 0.233 e. The molecule has 7 heteroatoms. The standard InChI is InChI=1S/C16H21N3O2S2/c1-10-3-4-12(22-10)13-11(2)23-15(18-13)19-14(20)16(9-17)5-7-21-8-6-16/h3-4H,5-9,17H2,1-2H3,(H,18,19,20). The number of nitrogens with zero attached hydrogens (tertiary/aromatic N) is 1. The Morgan fingerprint density at radius 2 is 2.09 bits per heavy atom. The van der Waals surface area contributed by atoms with Gasteiger partial charge in [0, 0.05) is 29.5 Å². The van der Waals surface area contributed by atoms with Crippen LogP contribution in [0.4, 0.5) is 5.13 Å². The van der Waals surface area contributed by atoms with Crippen molar-refractivity contribution in [1.82, 2.24) is 4.98 Å². The minimum Gasteiger partial charge on any atom is -0.381 e. The molecule has 1 fully saturated rings. The second-order valence-corrected chi connectivity index (χ2v) is 8.38. The Labute approximate surface area is 143 Å². The fraction of sp³-hybridized carbons (Fsp3) is 0.500. The highest BCUT2D eigenvalue weighted by Crippen LogP contribution is 2.36. The molecule has 1 amide bonds. The van der Waals surface area contributed by atoms with E-state index >= 15 is 0 Å². The van der Waals surface area contributed by atoms with Crippen molar-refractivity contribution in [1.29, 1.82) is 0 Å². The Balaban J connectivity index is 1.79. The van der Waals surface area contributed by atoms with E-state index in [-0.39, 0.29) is 5.91 Å². The summed E-state index contributed by atoms with van der Waals surface area (Å²) in [6, 6.07) is 4.16. The molecule has 1 aliphatic heterocycles. The zero-order valence-electron chi connectivity index (χ0n) is 13.3. The molecule has 0 saturated carbocycles. The van der Waals surface area contributed by atoms with Gasteiger partial charge in [0.15, 0.2) is 5.13 Å². The molecule has 3 rings (SSSR count). The van der Waals surface area contributed by atoms with Crippen LogP contribution >= 0.6 is 22.7 Å². The first-order valence-electron chi connectivity index (χ1n) is 7.67. The molecular formula is C16H21N3O2S2. The van der Waals surface area contributed by atoms with Gasteiger partial charge in [-0.2, -0.15) is 0 Å². The summed E-state index contributed by atoms with van der Waals surface area (Å²) in [6.45, 7) is 5.62. The van der Waals surface area contributed by atoms with Crippen LogP contribution < -0.4 is 11.1 Å². The molecule has 0 aromatic carbocycles. The van der Waals surface area contributed by atoms with Crippen LogP contribution in [0.2, 0.25) is 0 Å². The monoisotopic (exact) mass is 351 g/mol. The van der Waals surface area contributed by atoms with Gasteiger partial charge in [0.05, 0.1) is 16.0 Å². The van der Waals surface area contributed by atoms with Gasteiger partial charge in [0.25, 0.3) is 0 Å². The number of hydrogen-bond acceptors (Lipinski definition) is 6. The Bertz CT molecular complexity index is 702. The second kappa shape index (κ2) is 6.68. The van der Waals surface area contributed by atoms with Crippen LogP contribution in [0.15, 0.2) is 12.1 Å². The van der Waals surface area contributed by atoms with Gasteiger partial charge in [-0.25, -0.2) is 4.98 Å². The first kappa shape index (κ1) is 16.6. The third-order valence-corrected chi connectivity index (χ3v) is 6.21. The highest BCUT2D eigenvalue weighted by Gasteiger charge is 2.39. The lowest BCUT2D eigenvalue weighted by Gasteiger charge is -2.34. The number of thiophene rings is 1. The Morgan fingerprint density at radius 1 is 1.35 bits per heavy atom. The number of carbonyl (C=O) groups excluding carboxylic acids is 1. The number of anilines is 1. The summed E-state index contributed by atoms with van der Waals surface area (Å²) in [5.41, 5.74) is 6.32. The number of thiazole rings is 1. The molecule has 124 valence electrons. The maximum atomic E-state index is 12.7. The molecule has 0 radical (unpaired) electrons. The van der Waals surface area contributed by atoms with Gasteiger partial charge < -0.3 is 15.8 Å². The first-order valence-corrected chi connectivity index (χ1v) is 9.31. The predicted octanol–water partition coefficient (Wildman–Crippen LogP) is 3.18. The largest absolute Gasteiger partial charge is 0.381 e. The number of ether oxygens (including phenoxy) is 1. The third-order valence-electron chi connectivity index (χ3n) is 4.31. The molecule has 2 aromatic heterocycles. The van der Waals surface area contributed by atoms with E-state index in [2.05, 4.69) is 29.4 Å². The van der Waals surface area contributed by atoms with E-state index in [4.69, 9.17) is 10.5 Å². The van der Waals surface area contributed by atoms with E-state index in [9.17, 15) is 4.79 Å². The molecule has 0 bridgehead atoms. The van der Waals surface area contributed by atoms with Crippen LogP contribution in [0.3, 0.4) is 0 Å². The SMILES string of the molecule is Cc1ccc(-c2nc(NC(=O)C3(CN)CCOCC3)sc2C)s1. The molecule has 0 aliphatic carbocycles. The minimum absolute atomic E-state index is 0.0361. The quantitative estimate of drug-likeness (QED) is 0.887. The lowest BCUT2D eigenvalue weighted by atomic mass is 9.79. The average molecular weight is 351 g/mol. The fourth-order valence-corrected chi connectivity index (χ4v) is 4.56. The molecule has 0 spiro atoms. The van der Waals surface area contributed by atoms with Crippen molar-refractivity contribution in [3.8, 4) is 10.6 Å². The van der Waals surface area contributed by atoms with Crippen LogP contribution in [0.25, 0.3) is 10.6 Å². The number of nitrogens with one attached hydrogen (secondary N) is 1. The molecule has 0 atom stereocenters. The van der Waals surface area contributed by atoms with Crippen LogP contribution in [0.5, 0.6) is 0 Å². The summed E-state index contributed by atoms with van der Waals surface area (Å²) in [5, 5.41) is 3.62. The number of aryl methyl sites for hydroxylation is 2. The van der Waals surface area contributed by atoms with Crippen molar-refractivity contribution in [2.24, 2.45) is 11.1 Å². The summed E-state index contributed by atoms with van der Waals surface area (Å²) < 4.78 is 5.36. The summed E-state index contributed by atoms with van der Waals surface area (Å²) in [7, 11) is 0. The van der Waals surface area contributed by atoms with Gasteiger partial charge >= 0.3 is 0 Å². The van der Waals surface area contributed by atoms with Crippen molar-refractivity contribution >= 4 is 33.7 Å². The molecule has 3 N–H and O–H groups in total. The van der Waals surface area contributed by atoms with Crippen LogP contribution in [0.1, 0.15) is 22.6 Å². The highest BCUT2D eigenvalue weighted by atomic mass is 32.1. The van der Waals surface area contributed by atoms with Crippen molar-refractivity contribution in [3.63, 3.8) is 0 Å². The van der Waals surface area contributed by atoms with E-state index in [0.717, 1.165) is 15.4 Å². The number of nitrogens with two attached hydrogens (primary N) is 1. The lowest BCUT2D eigenvalue weighted by Crippen LogP contribution is -2.46. The van der Waals surface area contributed by atoms with Gasteiger partial charge in [-0.05, 0) is 38.8 Å². The van der Waals surface area contributed by atoms with Gasteiger partial charge in [-0.15, -0.1) is 22.7 Å². The summed E-state index contributed by atoms with van der Waals surface area (Å²) in [5.74, 6) is -0.0361. The zero-order valence-corrected chi connectivity index (χ0v) is 15.0. The summed E-state index contributed by atoms with van der Waals surface area (Å²) in [6.07, 6.45) is 1.33. The maximum absolute atomic E-state index is 12.7. The molecule has 1 saturated heterocycles. The first-order chi connectivity index (χ1) is 11.0. The Hall–Kier alpha value is -1.28. The number of hydrogen-bond donors (Lipinski definition) is 2. The van der Waals surface area contributed by atoms with Gasteiger partial charge in [0.1, 0.15) is 0 Å². The Morgan fingerprint density at radius 3 is 2.70 bits per heavy atom. The normalized spacial score (nSPS) is 17.2. The van der Waals surface area contributed by atoms with Gasteiger partial charge in [-0.3, -0.25) is 4.79 Å². The second-order valence-electron chi connectivity index (χ2n) is 5.89.